The van der Waals surface area contributed by atoms with Gasteiger partial charge in [-0.3, -0.25) is 10.1 Å². The number of aliphatic hydroxyl groups excluding tert-OH is 2. The molecule has 0 aliphatic carbocycles. The van der Waals surface area contributed by atoms with Gasteiger partial charge in [0.1, 0.15) is 10.6 Å². The third kappa shape index (κ3) is 4.37. The first-order chi connectivity index (χ1) is 10.3. The van der Waals surface area contributed by atoms with E-state index in [0.29, 0.717) is 0 Å². The number of nitrogens with two attached hydrogens (primary N) is 1. The smallest absolute Gasteiger partial charge is 0.293 e. The van der Waals surface area contributed by atoms with Crippen LogP contribution >= 0.6 is 0 Å². The van der Waals surface area contributed by atoms with Crippen molar-refractivity contribution >= 4 is 21.2 Å². The van der Waals surface area contributed by atoms with Crippen LogP contribution in [-0.2, 0) is 21.0 Å². The number of nitrogen functional groups attached to an aromatic ring is 1. The van der Waals surface area contributed by atoms with Crippen molar-refractivity contribution in [2.24, 2.45) is 0 Å². The number of sulfone groups is 1. The fraction of sp³-hybridized carbons (Fsp3) is 0.500. The predicted molar refractivity (Wildman–Crippen MR) is 78.3 cm³/mol. The van der Waals surface area contributed by atoms with E-state index in [0.717, 1.165) is 6.07 Å². The van der Waals surface area contributed by atoms with E-state index >= 15 is 0 Å². The Morgan fingerprint density at radius 2 is 1.91 bits per heavy atom. The maximum absolute atomic E-state index is 12.2. The average Bonchev–Trinajstić information content (AvgIpc) is 2.42. The second kappa shape index (κ2) is 8.03. The minimum Gasteiger partial charge on any atom is -0.395 e. The molecular formula is C12H18N2O7S. The number of ether oxygens (including phenoxy) is 1. The van der Waals surface area contributed by atoms with Crippen molar-refractivity contribution in [2.75, 3.05) is 37.9 Å². The molecule has 124 valence electrons. The molecule has 0 atom stereocenters. The lowest BCUT2D eigenvalue weighted by molar-refractivity contribution is -0.384. The highest BCUT2D eigenvalue weighted by Crippen LogP contribution is 2.32. The second-order valence-electron chi connectivity index (χ2n) is 4.37. The monoisotopic (exact) mass is 334 g/mol. The maximum atomic E-state index is 12.2. The molecule has 1 aromatic carbocycles. The van der Waals surface area contributed by atoms with E-state index in [9.17, 15) is 18.5 Å². The quantitative estimate of drug-likeness (QED) is 0.236. The summed E-state index contributed by atoms with van der Waals surface area (Å²) in [5.74, 6) is -0.580. The summed E-state index contributed by atoms with van der Waals surface area (Å²) in [6.07, 6.45) is 0.155. The van der Waals surface area contributed by atoms with Crippen LogP contribution in [0.3, 0.4) is 0 Å². The largest absolute Gasteiger partial charge is 0.395 e. The first-order valence-corrected chi connectivity index (χ1v) is 8.08. The van der Waals surface area contributed by atoms with Crippen LogP contribution < -0.4 is 5.73 Å². The Balaban J connectivity index is 3.26. The van der Waals surface area contributed by atoms with E-state index in [4.69, 9.17) is 20.7 Å². The van der Waals surface area contributed by atoms with Crippen LogP contribution in [0.5, 0.6) is 0 Å². The van der Waals surface area contributed by atoms with Gasteiger partial charge in [0, 0.05) is 6.07 Å². The van der Waals surface area contributed by atoms with Crippen LogP contribution in [0, 0.1) is 10.1 Å². The van der Waals surface area contributed by atoms with Gasteiger partial charge in [0.05, 0.1) is 37.1 Å². The first-order valence-electron chi connectivity index (χ1n) is 6.43. The van der Waals surface area contributed by atoms with Crippen LogP contribution in [0.25, 0.3) is 0 Å². The summed E-state index contributed by atoms with van der Waals surface area (Å²) < 4.78 is 29.5. The number of hydrogen-bond donors (Lipinski definition) is 3. The Morgan fingerprint density at radius 1 is 1.23 bits per heavy atom. The lowest BCUT2D eigenvalue weighted by Gasteiger charge is -2.13. The summed E-state index contributed by atoms with van der Waals surface area (Å²) in [5, 5.41) is 28.4. The predicted octanol–water partition coefficient (Wildman–Crippen LogP) is -0.506. The van der Waals surface area contributed by atoms with Crippen molar-refractivity contribution in [3.63, 3.8) is 0 Å². The van der Waals surface area contributed by atoms with Crippen molar-refractivity contribution < 1.29 is 28.3 Å². The summed E-state index contributed by atoms with van der Waals surface area (Å²) >= 11 is 0. The molecule has 0 spiro atoms. The summed E-state index contributed by atoms with van der Waals surface area (Å²) in [6.45, 7) is -0.566. The Kier molecular flexibility index (Phi) is 6.68. The maximum Gasteiger partial charge on any atom is 0.293 e. The van der Waals surface area contributed by atoms with E-state index in [1.165, 1.54) is 6.07 Å². The molecule has 0 saturated carbocycles. The zero-order valence-corrected chi connectivity index (χ0v) is 12.6. The molecule has 0 heterocycles. The van der Waals surface area contributed by atoms with Gasteiger partial charge in [0.15, 0.2) is 9.84 Å². The molecule has 0 amide bonds. The molecule has 0 fully saturated rings. The van der Waals surface area contributed by atoms with Crippen LogP contribution in [0.15, 0.2) is 17.0 Å². The molecule has 4 N–H and O–H groups in total. The summed E-state index contributed by atoms with van der Waals surface area (Å²) in [7, 11) is -3.95. The Hall–Kier alpha value is -1.75. The van der Waals surface area contributed by atoms with E-state index < -0.39 is 38.5 Å². The topological polar surface area (TPSA) is 153 Å². The molecule has 0 unspecified atom stereocenters. The normalized spacial score (nSPS) is 11.5. The number of rotatable bonds is 9. The van der Waals surface area contributed by atoms with Gasteiger partial charge in [0.25, 0.3) is 5.69 Å². The fourth-order valence-electron chi connectivity index (χ4n) is 1.93. The molecule has 0 aromatic heterocycles. The average molecular weight is 334 g/mol. The molecule has 0 aliphatic heterocycles. The fourth-order valence-corrected chi connectivity index (χ4v) is 3.38. The Labute approximate surface area is 127 Å². The highest BCUT2D eigenvalue weighted by atomic mass is 32.2. The molecule has 1 aromatic rings. The van der Waals surface area contributed by atoms with Crippen LogP contribution in [-0.4, -0.2) is 55.7 Å². The third-order valence-electron chi connectivity index (χ3n) is 2.87. The molecule has 0 saturated heterocycles. The lowest BCUT2D eigenvalue weighted by atomic mass is 10.1. The molecule has 9 nitrogen and oxygen atoms in total. The Morgan fingerprint density at radius 3 is 2.45 bits per heavy atom. The van der Waals surface area contributed by atoms with Gasteiger partial charge in [-0.25, -0.2) is 8.42 Å². The highest BCUT2D eigenvalue weighted by molar-refractivity contribution is 7.91. The van der Waals surface area contributed by atoms with Crippen LogP contribution in [0.4, 0.5) is 11.4 Å². The lowest BCUT2D eigenvalue weighted by Crippen LogP contribution is -2.16. The first kappa shape index (κ1) is 18.3. The number of nitrogens with zero attached hydrogens (tertiary/aromatic N) is 1. The third-order valence-corrected chi connectivity index (χ3v) is 4.70. The van der Waals surface area contributed by atoms with Crippen molar-refractivity contribution in [1.29, 1.82) is 0 Å². The van der Waals surface area contributed by atoms with Crippen molar-refractivity contribution in [1.82, 2.24) is 0 Å². The van der Waals surface area contributed by atoms with Crippen molar-refractivity contribution in [3.05, 3.63) is 27.8 Å². The molecule has 0 radical (unpaired) electrons. The number of hydrogen-bond acceptors (Lipinski definition) is 8. The van der Waals surface area contributed by atoms with E-state index in [-0.39, 0.29) is 36.7 Å². The zero-order valence-electron chi connectivity index (χ0n) is 11.8. The number of aliphatic hydroxyl groups is 2. The number of nitro benzene ring substituents is 1. The van der Waals surface area contributed by atoms with Gasteiger partial charge in [0.2, 0.25) is 0 Å². The van der Waals surface area contributed by atoms with E-state index in [2.05, 4.69) is 0 Å². The van der Waals surface area contributed by atoms with Gasteiger partial charge in [-0.1, -0.05) is 6.07 Å². The molecular weight excluding hydrogens is 316 g/mol. The zero-order chi connectivity index (χ0) is 16.8. The molecule has 0 aliphatic rings. The summed E-state index contributed by atoms with van der Waals surface area (Å²) in [6, 6.07) is 2.44. The Bertz CT molecular complexity index is 631. The standard InChI is InChI=1S/C12H18N2O7S/c13-11-10(14(17)18)2-1-9(3-6-21-7-4-15)12(11)22(19,20)8-5-16/h1-2,15-16H,3-8,13H2. The minimum atomic E-state index is -3.95. The number of benzene rings is 1. The summed E-state index contributed by atoms with van der Waals surface area (Å²) in [4.78, 5) is 9.79. The minimum absolute atomic E-state index is 0.0984. The summed E-state index contributed by atoms with van der Waals surface area (Å²) in [5.41, 5.74) is 4.97. The van der Waals surface area contributed by atoms with Gasteiger partial charge in [-0.15, -0.1) is 0 Å². The van der Waals surface area contributed by atoms with Crippen molar-refractivity contribution in [3.8, 4) is 0 Å². The number of anilines is 1. The van der Waals surface area contributed by atoms with E-state index in [1.54, 1.807) is 0 Å². The number of nitro groups is 1. The van der Waals surface area contributed by atoms with Gasteiger partial charge in [-0.05, 0) is 12.0 Å². The molecule has 10 heteroatoms. The SMILES string of the molecule is Nc1c([N+](=O)[O-])ccc(CCOCCO)c1S(=O)(=O)CCO. The van der Waals surface area contributed by atoms with E-state index in [1.807, 2.05) is 0 Å². The van der Waals surface area contributed by atoms with Gasteiger partial charge >= 0.3 is 0 Å². The molecule has 1 rings (SSSR count). The van der Waals surface area contributed by atoms with Gasteiger partial charge in [-0.2, -0.15) is 0 Å². The van der Waals surface area contributed by atoms with Crippen molar-refractivity contribution in [2.45, 2.75) is 11.3 Å². The van der Waals surface area contributed by atoms with Gasteiger partial charge < -0.3 is 20.7 Å². The van der Waals surface area contributed by atoms with Crippen LogP contribution in [0.2, 0.25) is 0 Å². The molecule has 22 heavy (non-hydrogen) atoms. The van der Waals surface area contributed by atoms with Crippen LogP contribution in [0.1, 0.15) is 5.56 Å². The second-order valence-corrected chi connectivity index (χ2v) is 6.42. The molecule has 0 bridgehead atoms. The highest BCUT2D eigenvalue weighted by Gasteiger charge is 2.27.